The van der Waals surface area contributed by atoms with E-state index in [2.05, 4.69) is 60.7 Å². The highest BCUT2D eigenvalue weighted by Gasteiger charge is 2.16. The summed E-state index contributed by atoms with van der Waals surface area (Å²) < 4.78 is 5.41. The van der Waals surface area contributed by atoms with Gasteiger partial charge >= 0.3 is 0 Å². The topological polar surface area (TPSA) is 45.7 Å². The van der Waals surface area contributed by atoms with Gasteiger partial charge in [-0.15, -0.1) is 24.0 Å². The maximum absolute atomic E-state index is 5.41. The minimum atomic E-state index is -0.246. The molecule has 1 rings (SSSR count). The molecule has 0 saturated carbocycles. The Bertz CT molecular complexity index is 489. The van der Waals surface area contributed by atoms with Crippen molar-refractivity contribution >= 4 is 29.9 Å². The molecule has 23 heavy (non-hydrogen) atoms. The second kappa shape index (κ2) is 10.9. The fourth-order valence-corrected chi connectivity index (χ4v) is 2.02. The number of halogens is 1. The highest BCUT2D eigenvalue weighted by molar-refractivity contribution is 14.0. The first-order valence-electron chi connectivity index (χ1n) is 8.02. The first kappa shape index (κ1) is 22.2. The van der Waals surface area contributed by atoms with Gasteiger partial charge in [0.1, 0.15) is 0 Å². The zero-order valence-corrected chi connectivity index (χ0v) is 17.6. The van der Waals surface area contributed by atoms with Crippen LogP contribution in [0.5, 0.6) is 0 Å². The molecule has 0 aliphatic heterocycles. The van der Waals surface area contributed by atoms with Gasteiger partial charge in [-0.05, 0) is 39.2 Å². The van der Waals surface area contributed by atoms with Gasteiger partial charge in [0.05, 0.1) is 12.1 Å². The maximum Gasteiger partial charge on any atom is 0.191 e. The normalized spacial score (nSPS) is 13.2. The van der Waals surface area contributed by atoms with Gasteiger partial charge in [-0.2, -0.15) is 0 Å². The lowest BCUT2D eigenvalue weighted by Crippen LogP contribution is -2.40. The predicted molar refractivity (Wildman–Crippen MR) is 110 cm³/mol. The van der Waals surface area contributed by atoms with E-state index in [9.17, 15) is 0 Å². The van der Waals surface area contributed by atoms with Gasteiger partial charge in [0.15, 0.2) is 5.96 Å². The molecular formula is C18H32IN3O. The Labute approximate surface area is 158 Å². The molecule has 1 aromatic rings. The molecule has 0 aromatic heterocycles. The van der Waals surface area contributed by atoms with E-state index in [1.165, 1.54) is 11.1 Å². The van der Waals surface area contributed by atoms with Crippen LogP contribution in [0, 0.1) is 6.92 Å². The smallest absolute Gasteiger partial charge is 0.191 e. The molecule has 0 aliphatic carbocycles. The second-order valence-corrected chi connectivity index (χ2v) is 6.36. The summed E-state index contributed by atoms with van der Waals surface area (Å²) in [6.45, 7) is 12.8. The van der Waals surface area contributed by atoms with Crippen molar-refractivity contribution in [3.63, 3.8) is 0 Å². The van der Waals surface area contributed by atoms with Crippen molar-refractivity contribution in [2.75, 3.05) is 26.7 Å². The van der Waals surface area contributed by atoms with Gasteiger partial charge in [0, 0.05) is 20.2 Å². The number of hydrogen-bond acceptors (Lipinski definition) is 2. The number of guanidine groups is 1. The summed E-state index contributed by atoms with van der Waals surface area (Å²) in [6, 6.07) is 8.66. The van der Waals surface area contributed by atoms with Crippen molar-refractivity contribution in [2.24, 2.45) is 4.99 Å². The summed E-state index contributed by atoms with van der Waals surface area (Å²) in [5, 5.41) is 6.70. The fourth-order valence-electron chi connectivity index (χ4n) is 2.02. The van der Waals surface area contributed by atoms with Crippen LogP contribution in [0.3, 0.4) is 0 Å². The zero-order chi connectivity index (χ0) is 16.6. The van der Waals surface area contributed by atoms with Gasteiger partial charge in [-0.3, -0.25) is 4.99 Å². The molecule has 1 atom stereocenters. The third-order valence-electron chi connectivity index (χ3n) is 3.70. The monoisotopic (exact) mass is 433 g/mol. The van der Waals surface area contributed by atoms with E-state index in [1.807, 2.05) is 13.8 Å². The van der Waals surface area contributed by atoms with Crippen molar-refractivity contribution in [1.29, 1.82) is 0 Å². The molecule has 0 aliphatic rings. The minimum Gasteiger partial charge on any atom is -0.377 e. The molecule has 1 aromatic carbocycles. The van der Waals surface area contributed by atoms with Gasteiger partial charge in [-0.1, -0.05) is 36.8 Å². The first-order chi connectivity index (χ1) is 10.4. The van der Waals surface area contributed by atoms with Crippen LogP contribution in [0.4, 0.5) is 0 Å². The number of nitrogens with one attached hydrogen (secondary N) is 2. The molecule has 0 saturated heterocycles. The Morgan fingerprint density at radius 3 is 2.57 bits per heavy atom. The summed E-state index contributed by atoms with van der Waals surface area (Å²) >= 11 is 0. The number of hydrogen-bond donors (Lipinski definition) is 2. The number of nitrogens with zero attached hydrogens (tertiary/aromatic N) is 1. The molecule has 0 fully saturated rings. The molecule has 2 N–H and O–H groups in total. The summed E-state index contributed by atoms with van der Waals surface area (Å²) in [5.41, 5.74) is 2.40. The minimum absolute atomic E-state index is 0. The standard InChI is InChI=1S/C18H31N3O.HI/c1-7-19-17(21-13-18(4,5)22-6)20-12-15(3)16-10-8-9-14(2)11-16;/h8-11,15H,7,12-13H2,1-6H3,(H2,19,20,21);1H. The first-order valence-corrected chi connectivity index (χ1v) is 8.02. The van der Waals surface area contributed by atoms with E-state index in [1.54, 1.807) is 7.11 Å². The molecule has 0 heterocycles. The van der Waals surface area contributed by atoms with E-state index in [-0.39, 0.29) is 29.6 Å². The molecule has 0 spiro atoms. The zero-order valence-electron chi connectivity index (χ0n) is 15.3. The van der Waals surface area contributed by atoms with Crippen molar-refractivity contribution < 1.29 is 4.74 Å². The predicted octanol–water partition coefficient (Wildman–Crippen LogP) is 3.70. The summed E-state index contributed by atoms with van der Waals surface area (Å²) in [4.78, 5) is 4.61. The molecule has 5 heteroatoms. The van der Waals surface area contributed by atoms with Gasteiger partial charge in [0.25, 0.3) is 0 Å². The third kappa shape index (κ3) is 8.55. The Hall–Kier alpha value is -0.820. The molecule has 0 amide bonds. The quantitative estimate of drug-likeness (QED) is 0.392. The van der Waals surface area contributed by atoms with Crippen molar-refractivity contribution in [3.8, 4) is 0 Å². The summed E-state index contributed by atoms with van der Waals surface area (Å²) in [5.74, 6) is 1.27. The van der Waals surface area contributed by atoms with E-state index < -0.39 is 0 Å². The molecule has 0 radical (unpaired) electrons. The SMILES string of the molecule is CCNC(=NCC(C)(C)OC)NCC(C)c1cccc(C)c1.I. The molecule has 0 bridgehead atoms. The van der Waals surface area contributed by atoms with Crippen LogP contribution in [-0.4, -0.2) is 38.3 Å². The Morgan fingerprint density at radius 2 is 2.00 bits per heavy atom. The van der Waals surface area contributed by atoms with Gasteiger partial charge in [0.2, 0.25) is 0 Å². The van der Waals surface area contributed by atoms with Gasteiger partial charge < -0.3 is 15.4 Å². The number of methoxy groups -OCH3 is 1. The number of benzene rings is 1. The lowest BCUT2D eigenvalue weighted by molar-refractivity contribution is 0.0310. The highest BCUT2D eigenvalue weighted by Crippen LogP contribution is 2.15. The maximum atomic E-state index is 5.41. The fraction of sp³-hybridized carbons (Fsp3) is 0.611. The van der Waals surface area contributed by atoms with E-state index in [0.717, 1.165) is 19.0 Å². The number of rotatable bonds is 7. The Kier molecular flexibility index (Phi) is 10.5. The lowest BCUT2D eigenvalue weighted by atomic mass is 9.99. The number of aryl methyl sites for hydroxylation is 1. The lowest BCUT2D eigenvalue weighted by Gasteiger charge is -2.22. The highest BCUT2D eigenvalue weighted by atomic mass is 127. The number of ether oxygens (including phenoxy) is 1. The van der Waals surface area contributed by atoms with Crippen LogP contribution in [0.25, 0.3) is 0 Å². The molecule has 132 valence electrons. The Morgan fingerprint density at radius 1 is 1.30 bits per heavy atom. The average Bonchev–Trinajstić information content (AvgIpc) is 2.49. The second-order valence-electron chi connectivity index (χ2n) is 6.36. The van der Waals surface area contributed by atoms with Crippen molar-refractivity contribution in [1.82, 2.24) is 10.6 Å². The average molecular weight is 433 g/mol. The van der Waals surface area contributed by atoms with Gasteiger partial charge in [-0.25, -0.2) is 0 Å². The van der Waals surface area contributed by atoms with E-state index in [4.69, 9.17) is 4.74 Å². The van der Waals surface area contributed by atoms with E-state index in [0.29, 0.717) is 12.5 Å². The van der Waals surface area contributed by atoms with E-state index >= 15 is 0 Å². The van der Waals surface area contributed by atoms with Crippen LogP contribution >= 0.6 is 24.0 Å². The van der Waals surface area contributed by atoms with Crippen molar-refractivity contribution in [2.45, 2.75) is 46.1 Å². The molecular weight excluding hydrogens is 401 g/mol. The number of aliphatic imine (C=N–C) groups is 1. The van der Waals surface area contributed by atoms with Crippen LogP contribution in [0.2, 0.25) is 0 Å². The summed E-state index contributed by atoms with van der Waals surface area (Å²) in [7, 11) is 1.72. The largest absolute Gasteiger partial charge is 0.377 e. The Balaban J connectivity index is 0.00000484. The molecule has 4 nitrogen and oxygen atoms in total. The van der Waals surface area contributed by atoms with Crippen molar-refractivity contribution in [3.05, 3.63) is 35.4 Å². The van der Waals surface area contributed by atoms with Crippen LogP contribution < -0.4 is 10.6 Å². The summed E-state index contributed by atoms with van der Waals surface area (Å²) in [6.07, 6.45) is 0. The molecule has 1 unspecified atom stereocenters. The van der Waals surface area contributed by atoms with Crippen LogP contribution in [0.15, 0.2) is 29.3 Å². The van der Waals surface area contributed by atoms with Crippen LogP contribution in [-0.2, 0) is 4.74 Å². The third-order valence-corrected chi connectivity index (χ3v) is 3.70. The van der Waals surface area contributed by atoms with Crippen LogP contribution in [0.1, 0.15) is 44.7 Å².